The van der Waals surface area contributed by atoms with Gasteiger partial charge in [-0.2, -0.15) is 0 Å². The van der Waals surface area contributed by atoms with Crippen molar-refractivity contribution in [1.29, 1.82) is 0 Å². The summed E-state index contributed by atoms with van der Waals surface area (Å²) >= 11 is 0. The molecule has 0 bridgehead atoms. The van der Waals surface area contributed by atoms with Gasteiger partial charge in [-0.1, -0.05) is 25.1 Å². The van der Waals surface area contributed by atoms with Crippen LogP contribution in [0, 0.1) is 5.92 Å². The van der Waals surface area contributed by atoms with Crippen molar-refractivity contribution in [2.24, 2.45) is 11.7 Å². The Hall–Kier alpha value is -1.79. The summed E-state index contributed by atoms with van der Waals surface area (Å²) in [4.78, 5) is 25.7. The normalized spacial score (nSPS) is 16.0. The van der Waals surface area contributed by atoms with E-state index in [1.807, 2.05) is 24.3 Å². The molecular weight excluding hydrogens is 320 g/mol. The molecule has 2 N–H and O–H groups in total. The van der Waals surface area contributed by atoms with E-state index in [4.69, 9.17) is 10.5 Å². The van der Waals surface area contributed by atoms with Crippen LogP contribution in [0.5, 0.6) is 5.75 Å². The molecule has 0 radical (unpaired) electrons. The third-order valence-electron chi connectivity index (χ3n) is 3.80. The first-order chi connectivity index (χ1) is 10.5. The SMILES string of the molecule is COC(=O)C(N)CC(C)C(=O)N1CCOc2ccccc2C1.Cl. The number of nitrogens with two attached hydrogens (primary N) is 1. The maximum atomic E-state index is 12.6. The predicted molar refractivity (Wildman–Crippen MR) is 88.4 cm³/mol. The highest BCUT2D eigenvalue weighted by Gasteiger charge is 2.27. The van der Waals surface area contributed by atoms with Gasteiger partial charge in [-0.3, -0.25) is 9.59 Å². The Labute approximate surface area is 142 Å². The molecular formula is C16H23ClN2O4. The Morgan fingerprint density at radius 3 is 2.78 bits per heavy atom. The van der Waals surface area contributed by atoms with Crippen LogP contribution in [0.3, 0.4) is 0 Å². The molecule has 0 aromatic heterocycles. The fourth-order valence-corrected chi connectivity index (χ4v) is 2.55. The average Bonchev–Trinajstić information content (AvgIpc) is 2.75. The highest BCUT2D eigenvalue weighted by Crippen LogP contribution is 2.23. The minimum atomic E-state index is -0.778. The number of nitrogens with zero attached hydrogens (tertiary/aromatic N) is 1. The maximum absolute atomic E-state index is 12.6. The minimum absolute atomic E-state index is 0. The Kier molecular flexibility index (Phi) is 7.32. The van der Waals surface area contributed by atoms with E-state index in [0.29, 0.717) is 19.7 Å². The Bertz CT molecular complexity index is 553. The van der Waals surface area contributed by atoms with Gasteiger partial charge in [-0.15, -0.1) is 12.4 Å². The molecule has 7 heteroatoms. The van der Waals surface area contributed by atoms with Crippen molar-refractivity contribution in [1.82, 2.24) is 4.90 Å². The summed E-state index contributed by atoms with van der Waals surface area (Å²) in [6, 6.07) is 6.91. The number of carbonyl (C=O) groups excluding carboxylic acids is 2. The molecule has 23 heavy (non-hydrogen) atoms. The van der Waals surface area contributed by atoms with Crippen molar-refractivity contribution < 1.29 is 19.1 Å². The maximum Gasteiger partial charge on any atom is 0.322 e. The molecule has 0 fully saturated rings. The number of benzene rings is 1. The van der Waals surface area contributed by atoms with E-state index in [9.17, 15) is 9.59 Å². The summed E-state index contributed by atoms with van der Waals surface area (Å²) in [7, 11) is 1.29. The van der Waals surface area contributed by atoms with E-state index in [0.717, 1.165) is 11.3 Å². The second-order valence-corrected chi connectivity index (χ2v) is 5.48. The zero-order valence-electron chi connectivity index (χ0n) is 13.4. The van der Waals surface area contributed by atoms with Crippen LogP contribution in [-0.4, -0.2) is 43.1 Å². The monoisotopic (exact) mass is 342 g/mol. The largest absolute Gasteiger partial charge is 0.491 e. The third-order valence-corrected chi connectivity index (χ3v) is 3.80. The molecule has 1 aliphatic heterocycles. The number of hydrogen-bond donors (Lipinski definition) is 1. The molecule has 0 saturated carbocycles. The lowest BCUT2D eigenvalue weighted by Crippen LogP contribution is -2.40. The van der Waals surface area contributed by atoms with Gasteiger partial charge in [0.1, 0.15) is 18.4 Å². The summed E-state index contributed by atoms with van der Waals surface area (Å²) in [6.45, 7) is 3.26. The molecule has 2 atom stereocenters. The second-order valence-electron chi connectivity index (χ2n) is 5.48. The highest BCUT2D eigenvalue weighted by molar-refractivity contribution is 5.85. The third kappa shape index (κ3) is 4.84. The number of halogens is 1. The van der Waals surface area contributed by atoms with Crippen molar-refractivity contribution in [2.75, 3.05) is 20.3 Å². The number of ether oxygens (including phenoxy) is 2. The highest BCUT2D eigenvalue weighted by atomic mass is 35.5. The van der Waals surface area contributed by atoms with Crippen molar-refractivity contribution in [3.8, 4) is 5.75 Å². The Balaban J connectivity index is 0.00000264. The lowest BCUT2D eigenvalue weighted by Gasteiger charge is -2.24. The molecule has 1 aromatic rings. The molecule has 1 aliphatic rings. The van der Waals surface area contributed by atoms with Crippen LogP contribution in [0.1, 0.15) is 18.9 Å². The molecule has 0 saturated heterocycles. The minimum Gasteiger partial charge on any atom is -0.491 e. The first kappa shape index (κ1) is 19.3. The average molecular weight is 343 g/mol. The number of rotatable bonds is 4. The molecule has 2 unspecified atom stereocenters. The van der Waals surface area contributed by atoms with E-state index >= 15 is 0 Å². The van der Waals surface area contributed by atoms with Gasteiger partial charge in [-0.25, -0.2) is 0 Å². The van der Waals surface area contributed by atoms with Crippen LogP contribution in [-0.2, 0) is 20.9 Å². The van der Waals surface area contributed by atoms with Gasteiger partial charge >= 0.3 is 5.97 Å². The van der Waals surface area contributed by atoms with Crippen molar-refractivity contribution >= 4 is 24.3 Å². The van der Waals surface area contributed by atoms with Gasteiger partial charge in [0.25, 0.3) is 0 Å². The zero-order valence-corrected chi connectivity index (χ0v) is 14.2. The number of carbonyl (C=O) groups is 2. The summed E-state index contributed by atoms with van der Waals surface area (Å²) < 4.78 is 10.2. The number of methoxy groups -OCH3 is 1. The van der Waals surface area contributed by atoms with Gasteiger partial charge < -0.3 is 20.1 Å². The van der Waals surface area contributed by atoms with Crippen LogP contribution in [0.25, 0.3) is 0 Å². The second kappa shape index (κ2) is 8.74. The van der Waals surface area contributed by atoms with Crippen LogP contribution in [0.4, 0.5) is 0 Å². The topological polar surface area (TPSA) is 81.9 Å². The van der Waals surface area contributed by atoms with Gasteiger partial charge in [0.2, 0.25) is 5.91 Å². The molecule has 0 aliphatic carbocycles. The zero-order chi connectivity index (χ0) is 16.1. The summed E-state index contributed by atoms with van der Waals surface area (Å²) in [5, 5.41) is 0. The number of amides is 1. The molecule has 0 spiro atoms. The van der Waals surface area contributed by atoms with Crippen LogP contribution in [0.15, 0.2) is 24.3 Å². The van der Waals surface area contributed by atoms with Crippen LogP contribution in [0.2, 0.25) is 0 Å². The Morgan fingerprint density at radius 1 is 1.39 bits per heavy atom. The Morgan fingerprint density at radius 2 is 2.09 bits per heavy atom. The molecule has 2 rings (SSSR count). The number of hydrogen-bond acceptors (Lipinski definition) is 5. The number of fused-ring (bicyclic) bond motifs is 1. The van der Waals surface area contributed by atoms with E-state index in [-0.39, 0.29) is 30.7 Å². The predicted octanol–water partition coefficient (Wildman–Crippen LogP) is 1.36. The van der Waals surface area contributed by atoms with Gasteiger partial charge in [0.15, 0.2) is 0 Å². The smallest absolute Gasteiger partial charge is 0.322 e. The summed E-state index contributed by atoms with van der Waals surface area (Å²) in [5.41, 5.74) is 6.72. The van der Waals surface area contributed by atoms with E-state index in [2.05, 4.69) is 4.74 Å². The van der Waals surface area contributed by atoms with Crippen molar-refractivity contribution in [3.63, 3.8) is 0 Å². The number of esters is 1. The molecule has 1 heterocycles. The molecule has 1 amide bonds. The van der Waals surface area contributed by atoms with E-state index in [1.54, 1.807) is 11.8 Å². The standard InChI is InChI=1S/C16H22N2O4.ClH/c1-11(9-13(17)16(20)21-2)15(19)18-7-8-22-14-6-4-3-5-12(14)10-18;/h3-6,11,13H,7-10,17H2,1-2H3;1H. The molecule has 128 valence electrons. The van der Waals surface area contributed by atoms with E-state index < -0.39 is 12.0 Å². The number of para-hydroxylation sites is 1. The molecule has 6 nitrogen and oxygen atoms in total. The lowest BCUT2D eigenvalue weighted by atomic mass is 10.0. The van der Waals surface area contributed by atoms with Gasteiger partial charge in [-0.05, 0) is 12.5 Å². The molecule has 1 aromatic carbocycles. The fourth-order valence-electron chi connectivity index (χ4n) is 2.55. The lowest BCUT2D eigenvalue weighted by molar-refractivity contribution is -0.143. The van der Waals surface area contributed by atoms with Crippen molar-refractivity contribution in [3.05, 3.63) is 29.8 Å². The van der Waals surface area contributed by atoms with Crippen molar-refractivity contribution in [2.45, 2.75) is 25.9 Å². The van der Waals surface area contributed by atoms with Gasteiger partial charge in [0, 0.05) is 18.0 Å². The quantitative estimate of drug-likeness (QED) is 0.835. The summed E-state index contributed by atoms with van der Waals surface area (Å²) in [6.07, 6.45) is 0.268. The van der Waals surface area contributed by atoms with Gasteiger partial charge in [0.05, 0.1) is 13.7 Å². The fraction of sp³-hybridized carbons (Fsp3) is 0.500. The van der Waals surface area contributed by atoms with Crippen LogP contribution < -0.4 is 10.5 Å². The summed E-state index contributed by atoms with van der Waals surface area (Å²) in [5.74, 6) is -0.0556. The van der Waals surface area contributed by atoms with E-state index in [1.165, 1.54) is 7.11 Å². The first-order valence-electron chi connectivity index (χ1n) is 7.35. The first-order valence-corrected chi connectivity index (χ1v) is 7.35. The van der Waals surface area contributed by atoms with Crippen LogP contribution >= 0.6 is 12.4 Å².